The molecule has 20 heteroatoms. The Morgan fingerprint density at radius 3 is 1.07 bits per heavy atom. The molecule has 0 bridgehead atoms. The standard InChI is InChI=1S/C8HF15O3S.K/c9-1(7(18,19)20)2(8(21,22)23,27(24,25)26)4(12,13)6(16,17)5(14,15)3(1,10)11;/h(H,24,25,26);/q;+1/p-1. The SMILES string of the molecule is O=S(=O)([O-])C1(C(F)(F)F)C(F)(F)C(F)(F)C(F)(F)C(F)(F)C1(F)C(F)(F)F.[K+]. The Bertz CT molecular complexity index is 739. The van der Waals surface area contributed by atoms with E-state index in [9.17, 15) is 78.8 Å². The first-order valence-corrected chi connectivity index (χ1v) is 6.95. The summed E-state index contributed by atoms with van der Waals surface area (Å²) in [4.78, 5) is 0. The molecule has 1 aliphatic rings. The Hall–Kier alpha value is 0.496. The molecule has 0 saturated heterocycles. The van der Waals surface area contributed by atoms with E-state index < -0.39 is 56.6 Å². The van der Waals surface area contributed by atoms with Crippen LogP contribution in [0.4, 0.5) is 65.9 Å². The molecule has 1 rings (SSSR count). The summed E-state index contributed by atoms with van der Waals surface area (Å²) in [6.45, 7) is 0. The van der Waals surface area contributed by atoms with E-state index in [-0.39, 0.29) is 51.4 Å². The van der Waals surface area contributed by atoms with Crippen LogP contribution in [0.15, 0.2) is 0 Å². The summed E-state index contributed by atoms with van der Waals surface area (Å²) in [5.74, 6) is -33.6. The van der Waals surface area contributed by atoms with Crippen LogP contribution in [-0.4, -0.2) is 59.4 Å². The molecule has 162 valence electrons. The third-order valence-electron chi connectivity index (χ3n) is 3.71. The van der Waals surface area contributed by atoms with Crippen molar-refractivity contribution in [2.45, 2.75) is 46.5 Å². The van der Waals surface area contributed by atoms with Crippen LogP contribution in [0.25, 0.3) is 0 Å². The van der Waals surface area contributed by atoms with Gasteiger partial charge in [-0.05, 0) is 0 Å². The maximum absolute atomic E-state index is 14.0. The van der Waals surface area contributed by atoms with Crippen LogP contribution < -0.4 is 51.4 Å². The quantitative estimate of drug-likeness (QED) is 0.302. The smallest absolute Gasteiger partial charge is 0.747 e. The van der Waals surface area contributed by atoms with Gasteiger partial charge in [0.25, 0.3) is 4.75 Å². The van der Waals surface area contributed by atoms with Crippen LogP contribution >= 0.6 is 0 Å². The van der Waals surface area contributed by atoms with E-state index in [1.807, 2.05) is 0 Å². The number of hydrogen-bond donors (Lipinski definition) is 0. The van der Waals surface area contributed by atoms with E-state index in [4.69, 9.17) is 0 Å². The van der Waals surface area contributed by atoms with Crippen molar-refractivity contribution in [2.75, 3.05) is 0 Å². The first-order chi connectivity index (χ1) is 11.2. The predicted molar refractivity (Wildman–Crippen MR) is 48.2 cm³/mol. The van der Waals surface area contributed by atoms with Gasteiger partial charge < -0.3 is 4.55 Å². The zero-order valence-corrected chi connectivity index (χ0v) is 16.2. The third-order valence-corrected chi connectivity index (χ3v) is 5.23. The van der Waals surface area contributed by atoms with Crippen molar-refractivity contribution in [3.05, 3.63) is 0 Å². The zero-order valence-electron chi connectivity index (χ0n) is 12.3. The fourth-order valence-corrected chi connectivity index (χ4v) is 3.81. The molecule has 0 heterocycles. The Labute approximate surface area is 185 Å². The summed E-state index contributed by atoms with van der Waals surface area (Å²) < 4.78 is 220. The van der Waals surface area contributed by atoms with Crippen molar-refractivity contribution >= 4 is 10.1 Å². The molecular formula is C8F15KO3S. The Kier molecular flexibility index (Phi) is 6.62. The topological polar surface area (TPSA) is 57.2 Å². The summed E-state index contributed by atoms with van der Waals surface area (Å²) in [6, 6.07) is 0. The maximum atomic E-state index is 14.0. The average molecular weight is 500 g/mol. The second-order valence-electron chi connectivity index (χ2n) is 5.09. The number of alkyl halides is 15. The Morgan fingerprint density at radius 1 is 0.571 bits per heavy atom. The van der Waals surface area contributed by atoms with Gasteiger partial charge in [-0.3, -0.25) is 0 Å². The summed E-state index contributed by atoms with van der Waals surface area (Å²) in [6.07, 6.45) is -16.7. The van der Waals surface area contributed by atoms with Gasteiger partial charge in [-0.25, -0.2) is 12.8 Å². The molecule has 2 atom stereocenters. The molecule has 1 fully saturated rings. The van der Waals surface area contributed by atoms with Crippen molar-refractivity contribution in [2.24, 2.45) is 0 Å². The molecule has 0 aromatic rings. The first kappa shape index (κ1) is 28.5. The second kappa shape index (κ2) is 6.50. The number of halogens is 15. The fourth-order valence-electron chi connectivity index (χ4n) is 2.49. The number of hydrogen-bond acceptors (Lipinski definition) is 3. The van der Waals surface area contributed by atoms with E-state index >= 15 is 0 Å². The van der Waals surface area contributed by atoms with Gasteiger partial charge in [0.15, 0.2) is 0 Å². The molecule has 0 radical (unpaired) electrons. The van der Waals surface area contributed by atoms with Gasteiger partial charge in [0.2, 0.25) is 0 Å². The first-order valence-electron chi connectivity index (χ1n) is 5.54. The van der Waals surface area contributed by atoms with Gasteiger partial charge in [0.05, 0.1) is 0 Å². The molecule has 28 heavy (non-hydrogen) atoms. The predicted octanol–water partition coefficient (Wildman–Crippen LogP) is 0.662. The van der Waals surface area contributed by atoms with Gasteiger partial charge in [0, 0.05) is 0 Å². The largest absolute Gasteiger partial charge is 1.00 e. The summed E-state index contributed by atoms with van der Waals surface area (Å²) >= 11 is 0. The molecule has 0 spiro atoms. The van der Waals surface area contributed by atoms with Crippen molar-refractivity contribution in [3.8, 4) is 0 Å². The van der Waals surface area contributed by atoms with Crippen LogP contribution in [0, 0.1) is 0 Å². The molecule has 0 N–H and O–H groups in total. The Balaban J connectivity index is 0.00000729. The van der Waals surface area contributed by atoms with E-state index in [2.05, 4.69) is 0 Å². The summed E-state index contributed by atoms with van der Waals surface area (Å²) in [7, 11) is -8.95. The van der Waals surface area contributed by atoms with Crippen LogP contribution in [0.1, 0.15) is 0 Å². The summed E-state index contributed by atoms with van der Waals surface area (Å²) in [5.41, 5.74) is -8.72. The maximum Gasteiger partial charge on any atom is 1.00 e. The molecular weight excluding hydrogens is 500 g/mol. The van der Waals surface area contributed by atoms with E-state index in [0.717, 1.165) is 0 Å². The van der Waals surface area contributed by atoms with E-state index in [0.29, 0.717) is 0 Å². The van der Waals surface area contributed by atoms with Crippen LogP contribution in [0.3, 0.4) is 0 Å². The van der Waals surface area contributed by atoms with Crippen LogP contribution in [-0.2, 0) is 10.1 Å². The molecule has 0 aromatic heterocycles. The third kappa shape index (κ3) is 2.59. The molecule has 2 unspecified atom stereocenters. The van der Waals surface area contributed by atoms with Crippen LogP contribution in [0.2, 0.25) is 0 Å². The minimum absolute atomic E-state index is 0. The van der Waals surface area contributed by atoms with Gasteiger partial charge in [-0.2, -0.15) is 61.5 Å². The van der Waals surface area contributed by atoms with Crippen LogP contribution in [0.5, 0.6) is 0 Å². The van der Waals surface area contributed by atoms with Crippen molar-refractivity contribution < 1.29 is 130 Å². The second-order valence-corrected chi connectivity index (χ2v) is 6.61. The fraction of sp³-hybridized carbons (Fsp3) is 1.00. The molecule has 0 aromatic carbocycles. The molecule has 1 aliphatic carbocycles. The molecule has 3 nitrogen and oxygen atoms in total. The van der Waals surface area contributed by atoms with E-state index in [1.165, 1.54) is 0 Å². The van der Waals surface area contributed by atoms with Crippen molar-refractivity contribution in [1.29, 1.82) is 0 Å². The van der Waals surface area contributed by atoms with E-state index in [1.54, 1.807) is 0 Å². The van der Waals surface area contributed by atoms with Crippen molar-refractivity contribution in [3.63, 3.8) is 0 Å². The molecule has 0 aliphatic heterocycles. The van der Waals surface area contributed by atoms with Gasteiger partial charge >= 0.3 is 93.1 Å². The normalized spacial score (nSPS) is 34.4. The van der Waals surface area contributed by atoms with Crippen molar-refractivity contribution in [1.82, 2.24) is 0 Å². The Morgan fingerprint density at radius 2 is 0.857 bits per heavy atom. The van der Waals surface area contributed by atoms with Gasteiger partial charge in [-0.1, -0.05) is 0 Å². The minimum atomic E-state index is -8.95. The number of rotatable bonds is 1. The zero-order chi connectivity index (χ0) is 22.5. The monoisotopic (exact) mass is 500 g/mol. The minimum Gasteiger partial charge on any atom is -0.747 e. The summed E-state index contributed by atoms with van der Waals surface area (Å²) in [5, 5.41) is 0. The molecule has 0 amide bonds. The average Bonchev–Trinajstić information content (AvgIpc) is 2.31. The molecule has 1 saturated carbocycles. The van der Waals surface area contributed by atoms with Gasteiger partial charge in [0.1, 0.15) is 10.1 Å². The van der Waals surface area contributed by atoms with Gasteiger partial charge in [-0.15, -0.1) is 0 Å².